The van der Waals surface area contributed by atoms with Crippen molar-refractivity contribution in [2.45, 2.75) is 26.2 Å². The van der Waals surface area contributed by atoms with Crippen LogP contribution in [0.2, 0.25) is 5.02 Å². The minimum Gasteiger partial charge on any atom is -0.321 e. The van der Waals surface area contributed by atoms with Gasteiger partial charge in [0.25, 0.3) is 17.5 Å². The number of para-hydroxylation sites is 1. The summed E-state index contributed by atoms with van der Waals surface area (Å²) in [5, 5.41) is 16.1. The molecule has 10 heteroatoms. The molecule has 0 saturated heterocycles. The van der Waals surface area contributed by atoms with E-state index < -0.39 is 16.7 Å². The normalized spacial score (nSPS) is 11.0. The molecule has 0 radical (unpaired) electrons. The van der Waals surface area contributed by atoms with E-state index in [1.54, 1.807) is 24.3 Å². The summed E-state index contributed by atoms with van der Waals surface area (Å²) in [7, 11) is 0. The van der Waals surface area contributed by atoms with Gasteiger partial charge in [-0.1, -0.05) is 44.5 Å². The van der Waals surface area contributed by atoms with Crippen molar-refractivity contribution in [3.63, 3.8) is 0 Å². The Balaban J connectivity index is 1.79. The van der Waals surface area contributed by atoms with E-state index in [1.807, 2.05) is 20.8 Å². The van der Waals surface area contributed by atoms with Gasteiger partial charge >= 0.3 is 0 Å². The maximum atomic E-state index is 12.8. The minimum atomic E-state index is -0.608. The Bertz CT molecular complexity index is 1190. The number of aromatic nitrogens is 2. The first kappa shape index (κ1) is 22.8. The predicted octanol–water partition coefficient (Wildman–Crippen LogP) is 4.84. The number of nitro groups is 1. The molecule has 0 aliphatic heterocycles. The standard InChI is InChI=1S/C22H20ClN5O4/c1-22(2,3)21-24-11-13(12-25-21)26-20(30)16-6-4-5-7-18(16)27-19(29)15-9-8-14(28(31)32)10-17(15)23/h4-12H,1-3H3,(H,26,30)(H,27,29). The highest BCUT2D eigenvalue weighted by atomic mass is 35.5. The summed E-state index contributed by atoms with van der Waals surface area (Å²) in [6.45, 7) is 5.95. The first-order chi connectivity index (χ1) is 15.1. The Morgan fingerprint density at radius 3 is 2.19 bits per heavy atom. The average molecular weight is 454 g/mol. The van der Waals surface area contributed by atoms with Crippen LogP contribution in [0.3, 0.4) is 0 Å². The fourth-order valence-electron chi connectivity index (χ4n) is 2.76. The van der Waals surface area contributed by atoms with Gasteiger partial charge in [-0.3, -0.25) is 19.7 Å². The molecule has 3 aromatic rings. The van der Waals surface area contributed by atoms with Crippen LogP contribution in [0, 0.1) is 10.1 Å². The third kappa shape index (κ3) is 5.25. The number of non-ortho nitro benzene ring substituents is 1. The molecular weight excluding hydrogens is 434 g/mol. The number of amides is 2. The van der Waals surface area contributed by atoms with E-state index >= 15 is 0 Å². The molecule has 1 aromatic heterocycles. The van der Waals surface area contributed by atoms with Crippen molar-refractivity contribution < 1.29 is 14.5 Å². The number of nitro benzene ring substituents is 1. The second kappa shape index (κ2) is 9.11. The van der Waals surface area contributed by atoms with E-state index in [-0.39, 0.29) is 32.9 Å². The van der Waals surface area contributed by atoms with E-state index in [0.717, 1.165) is 6.07 Å². The molecule has 2 aromatic carbocycles. The molecule has 2 N–H and O–H groups in total. The molecule has 0 unspecified atom stereocenters. The number of carbonyl (C=O) groups excluding carboxylic acids is 2. The first-order valence-electron chi connectivity index (χ1n) is 9.54. The van der Waals surface area contributed by atoms with Gasteiger partial charge in [-0.25, -0.2) is 9.97 Å². The zero-order chi connectivity index (χ0) is 23.5. The molecule has 1 heterocycles. The summed E-state index contributed by atoms with van der Waals surface area (Å²) in [6.07, 6.45) is 3.03. The van der Waals surface area contributed by atoms with E-state index in [2.05, 4.69) is 20.6 Å². The highest BCUT2D eigenvalue weighted by Gasteiger charge is 2.19. The largest absolute Gasteiger partial charge is 0.321 e. The zero-order valence-corrected chi connectivity index (χ0v) is 18.3. The third-order valence-electron chi connectivity index (χ3n) is 4.41. The van der Waals surface area contributed by atoms with Gasteiger partial charge in [-0.2, -0.15) is 0 Å². The summed E-state index contributed by atoms with van der Waals surface area (Å²) < 4.78 is 0. The molecule has 0 aliphatic rings. The number of nitrogens with zero attached hydrogens (tertiary/aromatic N) is 3. The summed E-state index contributed by atoms with van der Waals surface area (Å²) in [5.74, 6) is -0.436. The maximum absolute atomic E-state index is 12.8. The van der Waals surface area contributed by atoms with Gasteiger partial charge in [-0.05, 0) is 18.2 Å². The van der Waals surface area contributed by atoms with Crippen LogP contribution in [0.1, 0.15) is 47.3 Å². The number of rotatable bonds is 5. The lowest BCUT2D eigenvalue weighted by Gasteiger charge is -2.16. The smallest absolute Gasteiger partial charge is 0.270 e. The summed E-state index contributed by atoms with van der Waals surface area (Å²) in [4.78, 5) is 44.3. The van der Waals surface area contributed by atoms with Crippen LogP contribution in [0.5, 0.6) is 0 Å². The molecule has 3 rings (SSSR count). The number of benzene rings is 2. The summed E-state index contributed by atoms with van der Waals surface area (Å²) in [5.41, 5.74) is 0.445. The molecule has 164 valence electrons. The van der Waals surface area contributed by atoms with Crippen LogP contribution < -0.4 is 10.6 Å². The van der Waals surface area contributed by atoms with Gasteiger partial charge in [-0.15, -0.1) is 0 Å². The van der Waals surface area contributed by atoms with Gasteiger partial charge < -0.3 is 10.6 Å². The SMILES string of the molecule is CC(C)(C)c1ncc(NC(=O)c2ccccc2NC(=O)c2ccc([N+](=O)[O-])cc2Cl)cn1. The molecule has 9 nitrogen and oxygen atoms in total. The Labute approximate surface area is 189 Å². The minimum absolute atomic E-state index is 0.0404. The summed E-state index contributed by atoms with van der Waals surface area (Å²) >= 11 is 6.03. The molecule has 2 amide bonds. The number of hydrogen-bond acceptors (Lipinski definition) is 6. The molecule has 32 heavy (non-hydrogen) atoms. The van der Waals surface area contributed by atoms with E-state index in [4.69, 9.17) is 11.6 Å². The van der Waals surface area contributed by atoms with Gasteiger partial charge in [0.05, 0.1) is 44.8 Å². The monoisotopic (exact) mass is 453 g/mol. The highest BCUT2D eigenvalue weighted by molar-refractivity contribution is 6.34. The van der Waals surface area contributed by atoms with Gasteiger partial charge in [0.2, 0.25) is 0 Å². The van der Waals surface area contributed by atoms with Crippen molar-refractivity contribution in [3.05, 3.63) is 86.9 Å². The quantitative estimate of drug-likeness (QED) is 0.420. The third-order valence-corrected chi connectivity index (χ3v) is 4.72. The van der Waals surface area contributed by atoms with E-state index in [0.29, 0.717) is 11.5 Å². The van der Waals surface area contributed by atoms with Crippen LogP contribution in [0.25, 0.3) is 0 Å². The van der Waals surface area contributed by atoms with Crippen LogP contribution >= 0.6 is 11.6 Å². The lowest BCUT2D eigenvalue weighted by Crippen LogP contribution is -2.19. The number of nitrogens with one attached hydrogen (secondary N) is 2. The van der Waals surface area contributed by atoms with Crippen molar-refractivity contribution in [1.29, 1.82) is 0 Å². The highest BCUT2D eigenvalue weighted by Crippen LogP contribution is 2.25. The molecule has 0 aliphatic carbocycles. The molecule has 0 fully saturated rings. The van der Waals surface area contributed by atoms with Crippen LogP contribution in [-0.2, 0) is 5.41 Å². The van der Waals surface area contributed by atoms with Crippen LogP contribution in [-0.4, -0.2) is 26.7 Å². The fourth-order valence-corrected chi connectivity index (χ4v) is 3.02. The van der Waals surface area contributed by atoms with Crippen molar-refractivity contribution in [3.8, 4) is 0 Å². The second-order valence-corrected chi connectivity index (χ2v) is 8.33. The van der Waals surface area contributed by atoms with Crippen molar-refractivity contribution in [2.24, 2.45) is 0 Å². The number of hydrogen-bond donors (Lipinski definition) is 2. The Morgan fingerprint density at radius 1 is 0.969 bits per heavy atom. The molecular formula is C22H20ClN5O4. The number of carbonyl (C=O) groups is 2. The Morgan fingerprint density at radius 2 is 1.59 bits per heavy atom. The molecule has 0 atom stereocenters. The van der Waals surface area contributed by atoms with Gasteiger partial charge in [0.15, 0.2) is 0 Å². The second-order valence-electron chi connectivity index (χ2n) is 7.92. The molecule has 0 spiro atoms. The van der Waals surface area contributed by atoms with Crippen LogP contribution in [0.15, 0.2) is 54.9 Å². The summed E-state index contributed by atoms with van der Waals surface area (Å²) in [6, 6.07) is 9.95. The lowest BCUT2D eigenvalue weighted by molar-refractivity contribution is -0.384. The van der Waals surface area contributed by atoms with Crippen molar-refractivity contribution in [2.75, 3.05) is 10.6 Å². The van der Waals surface area contributed by atoms with Gasteiger partial charge in [0, 0.05) is 17.5 Å². The molecule has 0 saturated carbocycles. The van der Waals surface area contributed by atoms with Crippen LogP contribution in [0.4, 0.5) is 17.1 Å². The van der Waals surface area contributed by atoms with E-state index in [1.165, 1.54) is 24.5 Å². The fraction of sp³-hybridized carbons (Fsp3) is 0.182. The maximum Gasteiger partial charge on any atom is 0.270 e. The topological polar surface area (TPSA) is 127 Å². The molecule has 0 bridgehead atoms. The Hall–Kier alpha value is -3.85. The first-order valence-corrected chi connectivity index (χ1v) is 9.92. The van der Waals surface area contributed by atoms with Crippen molar-refractivity contribution >= 4 is 40.5 Å². The number of halogens is 1. The Kier molecular flexibility index (Phi) is 6.50. The van der Waals surface area contributed by atoms with Gasteiger partial charge in [0.1, 0.15) is 5.82 Å². The lowest BCUT2D eigenvalue weighted by atomic mass is 9.96. The average Bonchev–Trinajstić information content (AvgIpc) is 2.73. The van der Waals surface area contributed by atoms with Crippen molar-refractivity contribution in [1.82, 2.24) is 9.97 Å². The zero-order valence-electron chi connectivity index (χ0n) is 17.5. The number of anilines is 2. The van der Waals surface area contributed by atoms with E-state index in [9.17, 15) is 19.7 Å². The predicted molar refractivity (Wildman–Crippen MR) is 121 cm³/mol.